The Morgan fingerprint density at radius 1 is 1.17 bits per heavy atom. The number of phenolic OH excluding ortho intramolecular Hbond substituents is 1. The number of nitrogens with zero attached hydrogens (tertiary/aromatic N) is 1. The summed E-state index contributed by atoms with van der Waals surface area (Å²) in [5, 5.41) is 9.71. The first-order chi connectivity index (χ1) is 8.45. The van der Waals surface area contributed by atoms with E-state index >= 15 is 0 Å². The lowest BCUT2D eigenvalue weighted by Crippen LogP contribution is -2.38. The molecule has 0 aliphatic carbocycles. The molecule has 1 aromatic carbocycles. The van der Waals surface area contributed by atoms with Gasteiger partial charge in [0, 0.05) is 19.6 Å². The van der Waals surface area contributed by atoms with Crippen molar-refractivity contribution < 1.29 is 5.11 Å². The summed E-state index contributed by atoms with van der Waals surface area (Å²) in [6.45, 7) is 7.93. The molecule has 2 unspecified atom stereocenters. The Labute approximate surface area is 126 Å². The van der Waals surface area contributed by atoms with Crippen LogP contribution in [0.1, 0.15) is 25.8 Å². The monoisotopic (exact) mass is 375 g/mol. The number of halogens is 2. The van der Waals surface area contributed by atoms with Crippen molar-refractivity contribution >= 4 is 31.9 Å². The molecule has 4 heteroatoms. The second-order valence-corrected chi connectivity index (χ2v) is 7.26. The molecule has 1 aliphatic rings. The van der Waals surface area contributed by atoms with E-state index in [0.717, 1.165) is 27.3 Å². The van der Waals surface area contributed by atoms with Gasteiger partial charge in [0.05, 0.1) is 8.95 Å². The predicted octanol–water partition coefficient (Wildman–Crippen LogP) is 4.40. The normalized spacial score (nSPS) is 25.3. The van der Waals surface area contributed by atoms with Crippen LogP contribution in [0, 0.1) is 11.8 Å². The quantitative estimate of drug-likeness (QED) is 0.826. The van der Waals surface area contributed by atoms with Gasteiger partial charge < -0.3 is 5.11 Å². The number of hydrogen-bond acceptors (Lipinski definition) is 2. The Morgan fingerprint density at radius 2 is 1.67 bits per heavy atom. The molecule has 0 bridgehead atoms. The van der Waals surface area contributed by atoms with Gasteiger partial charge in [-0.05, 0) is 67.8 Å². The molecule has 1 aromatic rings. The Balaban J connectivity index is 2.09. The third kappa shape index (κ3) is 3.49. The summed E-state index contributed by atoms with van der Waals surface area (Å²) in [5.41, 5.74) is 1.23. The van der Waals surface area contributed by atoms with Gasteiger partial charge in [-0.15, -0.1) is 0 Å². The highest BCUT2D eigenvalue weighted by Crippen LogP contribution is 2.34. The molecule has 0 amide bonds. The van der Waals surface area contributed by atoms with Crippen molar-refractivity contribution in [3.05, 3.63) is 26.6 Å². The van der Waals surface area contributed by atoms with Crippen LogP contribution in [0.2, 0.25) is 0 Å². The van der Waals surface area contributed by atoms with Crippen LogP contribution >= 0.6 is 31.9 Å². The van der Waals surface area contributed by atoms with Crippen molar-refractivity contribution in [3.8, 4) is 5.75 Å². The van der Waals surface area contributed by atoms with Gasteiger partial charge in [-0.25, -0.2) is 0 Å². The SMILES string of the molecule is CC1CC(C)CN(Cc2cc(Br)c(O)c(Br)c2)C1. The van der Waals surface area contributed by atoms with Crippen molar-refractivity contribution in [2.24, 2.45) is 11.8 Å². The number of phenols is 1. The van der Waals surface area contributed by atoms with Gasteiger partial charge in [-0.1, -0.05) is 13.8 Å². The second-order valence-electron chi connectivity index (χ2n) is 5.55. The van der Waals surface area contributed by atoms with E-state index in [2.05, 4.69) is 50.6 Å². The predicted molar refractivity (Wildman–Crippen MR) is 81.7 cm³/mol. The molecular weight excluding hydrogens is 358 g/mol. The molecule has 0 saturated carbocycles. The molecule has 0 spiro atoms. The van der Waals surface area contributed by atoms with E-state index in [0.29, 0.717) is 0 Å². The van der Waals surface area contributed by atoms with Crippen molar-refractivity contribution in [2.75, 3.05) is 13.1 Å². The maximum Gasteiger partial charge on any atom is 0.143 e. The average molecular weight is 377 g/mol. The van der Waals surface area contributed by atoms with E-state index in [4.69, 9.17) is 0 Å². The molecule has 100 valence electrons. The summed E-state index contributed by atoms with van der Waals surface area (Å²) in [6.07, 6.45) is 1.33. The lowest BCUT2D eigenvalue weighted by Gasteiger charge is -2.35. The zero-order chi connectivity index (χ0) is 13.3. The molecular formula is C14H19Br2NO. The van der Waals surface area contributed by atoms with E-state index in [-0.39, 0.29) is 5.75 Å². The van der Waals surface area contributed by atoms with Crippen molar-refractivity contribution in [3.63, 3.8) is 0 Å². The van der Waals surface area contributed by atoms with Crippen LogP contribution in [-0.2, 0) is 6.54 Å². The second kappa shape index (κ2) is 5.93. The van der Waals surface area contributed by atoms with Gasteiger partial charge >= 0.3 is 0 Å². The molecule has 1 N–H and O–H groups in total. The zero-order valence-corrected chi connectivity index (χ0v) is 14.0. The zero-order valence-electron chi connectivity index (χ0n) is 10.8. The maximum absolute atomic E-state index is 9.71. The van der Waals surface area contributed by atoms with Crippen LogP contribution in [0.3, 0.4) is 0 Å². The largest absolute Gasteiger partial charge is 0.506 e. The fourth-order valence-electron chi connectivity index (χ4n) is 2.89. The average Bonchev–Trinajstić information content (AvgIpc) is 2.24. The molecule has 2 nitrogen and oxygen atoms in total. The van der Waals surface area contributed by atoms with E-state index < -0.39 is 0 Å². The van der Waals surface area contributed by atoms with E-state index in [9.17, 15) is 5.11 Å². The number of likely N-dealkylation sites (tertiary alicyclic amines) is 1. The molecule has 1 saturated heterocycles. The lowest BCUT2D eigenvalue weighted by atomic mass is 9.91. The minimum Gasteiger partial charge on any atom is -0.506 e. The van der Waals surface area contributed by atoms with Crippen molar-refractivity contribution in [1.29, 1.82) is 0 Å². The fourth-order valence-corrected chi connectivity index (χ4v) is 4.17. The first-order valence-corrected chi connectivity index (χ1v) is 7.93. The molecule has 1 aliphatic heterocycles. The smallest absolute Gasteiger partial charge is 0.143 e. The summed E-state index contributed by atoms with van der Waals surface area (Å²) < 4.78 is 1.51. The van der Waals surface area contributed by atoms with Crippen LogP contribution in [0.5, 0.6) is 5.75 Å². The Morgan fingerprint density at radius 3 is 2.17 bits per heavy atom. The number of hydrogen-bond donors (Lipinski definition) is 1. The van der Waals surface area contributed by atoms with Crippen LogP contribution < -0.4 is 0 Å². The minimum atomic E-state index is 0.277. The first-order valence-electron chi connectivity index (χ1n) is 6.35. The first kappa shape index (κ1) is 14.4. The number of benzene rings is 1. The van der Waals surface area contributed by atoms with E-state index in [1.54, 1.807) is 0 Å². The summed E-state index contributed by atoms with van der Waals surface area (Å²) in [7, 11) is 0. The number of rotatable bonds is 2. The molecule has 1 fully saturated rings. The molecule has 2 atom stereocenters. The van der Waals surface area contributed by atoms with Gasteiger partial charge in [-0.2, -0.15) is 0 Å². The topological polar surface area (TPSA) is 23.5 Å². The van der Waals surface area contributed by atoms with Gasteiger partial charge in [0.2, 0.25) is 0 Å². The minimum absolute atomic E-state index is 0.277. The fraction of sp³-hybridized carbons (Fsp3) is 0.571. The highest BCUT2D eigenvalue weighted by Gasteiger charge is 2.22. The summed E-state index contributed by atoms with van der Waals surface area (Å²) in [6, 6.07) is 4.01. The number of piperidine rings is 1. The number of aromatic hydroxyl groups is 1. The summed E-state index contributed by atoms with van der Waals surface area (Å²) >= 11 is 6.77. The summed E-state index contributed by atoms with van der Waals surface area (Å²) in [5.74, 6) is 1.83. The van der Waals surface area contributed by atoms with Crippen LogP contribution in [0.15, 0.2) is 21.1 Å². The Kier molecular flexibility index (Phi) is 4.73. The van der Waals surface area contributed by atoms with Crippen LogP contribution in [0.25, 0.3) is 0 Å². The lowest BCUT2D eigenvalue weighted by molar-refractivity contribution is 0.134. The van der Waals surface area contributed by atoms with Crippen LogP contribution in [0.4, 0.5) is 0 Å². The van der Waals surface area contributed by atoms with Crippen LogP contribution in [-0.4, -0.2) is 23.1 Å². The van der Waals surface area contributed by atoms with Gasteiger partial charge in [-0.3, -0.25) is 4.90 Å². The molecule has 0 radical (unpaired) electrons. The van der Waals surface area contributed by atoms with E-state index in [1.807, 2.05) is 12.1 Å². The third-order valence-electron chi connectivity index (χ3n) is 3.43. The molecule has 0 aromatic heterocycles. The van der Waals surface area contributed by atoms with E-state index in [1.165, 1.54) is 25.1 Å². The summed E-state index contributed by atoms with van der Waals surface area (Å²) in [4.78, 5) is 2.50. The highest BCUT2D eigenvalue weighted by atomic mass is 79.9. The standard InChI is InChI=1S/C14H19Br2NO/c1-9-3-10(2)7-17(6-9)8-11-4-12(15)14(18)13(16)5-11/h4-5,9-10,18H,3,6-8H2,1-2H3. The van der Waals surface area contributed by atoms with Gasteiger partial charge in [0.25, 0.3) is 0 Å². The Bertz CT molecular complexity index is 403. The Hall–Kier alpha value is -0.0600. The highest BCUT2D eigenvalue weighted by molar-refractivity contribution is 9.11. The van der Waals surface area contributed by atoms with Gasteiger partial charge in [0.15, 0.2) is 0 Å². The third-order valence-corrected chi connectivity index (χ3v) is 4.64. The van der Waals surface area contributed by atoms with Crippen molar-refractivity contribution in [1.82, 2.24) is 4.90 Å². The molecule has 1 heterocycles. The molecule has 2 rings (SSSR count). The van der Waals surface area contributed by atoms with Gasteiger partial charge in [0.1, 0.15) is 5.75 Å². The molecule has 18 heavy (non-hydrogen) atoms. The maximum atomic E-state index is 9.71. The van der Waals surface area contributed by atoms with Crippen molar-refractivity contribution in [2.45, 2.75) is 26.8 Å².